The summed E-state index contributed by atoms with van der Waals surface area (Å²) in [5.74, 6) is 0.875. The molecule has 0 radical (unpaired) electrons. The van der Waals surface area contributed by atoms with Crippen LogP contribution in [0.5, 0.6) is 0 Å². The number of hydrogen-bond donors (Lipinski definition) is 0. The van der Waals surface area contributed by atoms with Crippen LogP contribution in [0.3, 0.4) is 0 Å². The third kappa shape index (κ3) is 2.95. The summed E-state index contributed by atoms with van der Waals surface area (Å²) < 4.78 is 0. The van der Waals surface area contributed by atoms with Crippen LogP contribution in [0.15, 0.2) is 29.2 Å². The molecular formula is C14H17ClN4S. The van der Waals surface area contributed by atoms with Gasteiger partial charge >= 0.3 is 0 Å². The molecule has 1 atom stereocenters. The van der Waals surface area contributed by atoms with E-state index >= 15 is 0 Å². The minimum absolute atomic E-state index is 0.455. The maximum Gasteiger partial charge on any atom is 0.149 e. The summed E-state index contributed by atoms with van der Waals surface area (Å²) in [4.78, 5) is 13.2. The highest BCUT2D eigenvalue weighted by Gasteiger charge is 2.23. The lowest BCUT2D eigenvalue weighted by Gasteiger charge is -2.38. The summed E-state index contributed by atoms with van der Waals surface area (Å²) in [6.07, 6.45) is 3.35. The van der Waals surface area contributed by atoms with Gasteiger partial charge in [0.15, 0.2) is 0 Å². The van der Waals surface area contributed by atoms with Crippen molar-refractivity contribution in [3.8, 4) is 0 Å². The van der Waals surface area contributed by atoms with Crippen molar-refractivity contribution in [3.63, 3.8) is 0 Å². The molecule has 1 aliphatic heterocycles. The summed E-state index contributed by atoms with van der Waals surface area (Å²) in [6, 6.07) is 2.69. The van der Waals surface area contributed by atoms with Crippen molar-refractivity contribution in [2.75, 3.05) is 31.1 Å². The maximum atomic E-state index is 5.90. The highest BCUT2D eigenvalue weighted by Crippen LogP contribution is 2.24. The molecule has 0 aliphatic carbocycles. The first kappa shape index (κ1) is 13.8. The number of hydrogen-bond acceptors (Lipinski definition) is 5. The largest absolute Gasteiger partial charge is 0.353 e. The average molecular weight is 309 g/mol. The molecule has 2 aromatic heterocycles. The van der Waals surface area contributed by atoms with E-state index in [1.807, 2.05) is 0 Å². The summed E-state index contributed by atoms with van der Waals surface area (Å²) in [5, 5.41) is 4.83. The number of piperazine rings is 1. The zero-order valence-corrected chi connectivity index (χ0v) is 12.9. The molecule has 20 heavy (non-hydrogen) atoms. The molecule has 6 heteroatoms. The minimum atomic E-state index is 0.455. The second-order valence-electron chi connectivity index (χ2n) is 4.96. The van der Waals surface area contributed by atoms with Crippen LogP contribution in [0.25, 0.3) is 0 Å². The number of thiophene rings is 1. The summed E-state index contributed by atoms with van der Waals surface area (Å²) in [5.41, 5.74) is 1.41. The van der Waals surface area contributed by atoms with Crippen molar-refractivity contribution in [2.24, 2.45) is 0 Å². The Balaban J connectivity index is 1.62. The molecular weight excluding hydrogens is 292 g/mol. The normalized spacial score (nSPS) is 18.2. The second-order valence-corrected chi connectivity index (χ2v) is 6.12. The number of halogens is 1. The van der Waals surface area contributed by atoms with Crippen molar-refractivity contribution in [1.82, 2.24) is 14.9 Å². The van der Waals surface area contributed by atoms with E-state index in [1.54, 1.807) is 23.7 Å². The zero-order chi connectivity index (χ0) is 13.9. The van der Waals surface area contributed by atoms with Gasteiger partial charge in [-0.1, -0.05) is 11.6 Å². The lowest BCUT2D eigenvalue weighted by Crippen LogP contribution is -2.47. The summed E-state index contributed by atoms with van der Waals surface area (Å²) in [6.45, 7) is 6.26. The van der Waals surface area contributed by atoms with Gasteiger partial charge in [0.25, 0.3) is 0 Å². The van der Waals surface area contributed by atoms with Crippen molar-refractivity contribution in [1.29, 1.82) is 0 Å². The smallest absolute Gasteiger partial charge is 0.149 e. The molecule has 2 aromatic rings. The molecule has 3 heterocycles. The van der Waals surface area contributed by atoms with Gasteiger partial charge < -0.3 is 4.90 Å². The Hall–Kier alpha value is -1.17. The van der Waals surface area contributed by atoms with Crippen LogP contribution in [0.1, 0.15) is 18.5 Å². The van der Waals surface area contributed by atoms with Gasteiger partial charge in [0.05, 0.1) is 12.4 Å². The van der Waals surface area contributed by atoms with Gasteiger partial charge in [0.2, 0.25) is 0 Å². The van der Waals surface area contributed by atoms with Crippen molar-refractivity contribution in [3.05, 3.63) is 39.9 Å². The molecule has 1 aliphatic rings. The van der Waals surface area contributed by atoms with Crippen LogP contribution in [-0.4, -0.2) is 41.0 Å². The van der Waals surface area contributed by atoms with E-state index < -0.39 is 0 Å². The third-order valence-electron chi connectivity index (χ3n) is 3.80. The molecule has 0 aromatic carbocycles. The van der Waals surface area contributed by atoms with E-state index in [0.29, 0.717) is 11.2 Å². The predicted molar refractivity (Wildman–Crippen MR) is 83.6 cm³/mol. The van der Waals surface area contributed by atoms with Gasteiger partial charge in [0.1, 0.15) is 11.0 Å². The standard InChI is InChI=1S/C14H17ClN4S/c1-11(12-2-7-20-10-12)18-3-5-19(6-4-18)14-9-16-8-13(15)17-14/h2,7-11H,3-6H2,1H3. The molecule has 3 rings (SSSR count). The second kappa shape index (κ2) is 6.08. The molecule has 1 unspecified atom stereocenters. The lowest BCUT2D eigenvalue weighted by molar-refractivity contribution is 0.198. The molecule has 0 N–H and O–H groups in total. The van der Waals surface area contributed by atoms with Crippen LogP contribution >= 0.6 is 22.9 Å². The van der Waals surface area contributed by atoms with Crippen LogP contribution < -0.4 is 4.90 Å². The third-order valence-corrected chi connectivity index (χ3v) is 4.69. The maximum absolute atomic E-state index is 5.90. The number of nitrogens with zero attached hydrogens (tertiary/aromatic N) is 4. The summed E-state index contributed by atoms with van der Waals surface area (Å²) >= 11 is 7.66. The zero-order valence-electron chi connectivity index (χ0n) is 11.4. The summed E-state index contributed by atoms with van der Waals surface area (Å²) in [7, 11) is 0. The molecule has 106 valence electrons. The van der Waals surface area contributed by atoms with Gasteiger partial charge in [0, 0.05) is 32.2 Å². The Morgan fingerprint density at radius 3 is 2.70 bits per heavy atom. The first-order valence-electron chi connectivity index (χ1n) is 6.72. The Morgan fingerprint density at radius 1 is 1.25 bits per heavy atom. The molecule has 4 nitrogen and oxygen atoms in total. The van der Waals surface area contributed by atoms with Gasteiger partial charge in [-0.2, -0.15) is 11.3 Å². The highest BCUT2D eigenvalue weighted by atomic mass is 35.5. The van der Waals surface area contributed by atoms with E-state index in [2.05, 4.69) is 43.5 Å². The molecule has 1 saturated heterocycles. The minimum Gasteiger partial charge on any atom is -0.353 e. The lowest BCUT2D eigenvalue weighted by atomic mass is 10.1. The van der Waals surface area contributed by atoms with Crippen molar-refractivity contribution < 1.29 is 0 Å². The molecule has 0 spiro atoms. The van der Waals surface area contributed by atoms with E-state index in [9.17, 15) is 0 Å². The van der Waals surface area contributed by atoms with Crippen molar-refractivity contribution in [2.45, 2.75) is 13.0 Å². The van der Waals surface area contributed by atoms with Gasteiger partial charge in [-0.3, -0.25) is 9.88 Å². The Kier molecular flexibility index (Phi) is 4.19. The highest BCUT2D eigenvalue weighted by molar-refractivity contribution is 7.07. The quantitative estimate of drug-likeness (QED) is 0.872. The molecule has 1 fully saturated rings. The van der Waals surface area contributed by atoms with E-state index in [1.165, 1.54) is 5.56 Å². The fourth-order valence-corrected chi connectivity index (χ4v) is 3.44. The average Bonchev–Trinajstić information content (AvgIpc) is 3.01. The fourth-order valence-electron chi connectivity index (χ4n) is 2.55. The first-order valence-corrected chi connectivity index (χ1v) is 8.05. The topological polar surface area (TPSA) is 32.3 Å². The van der Waals surface area contributed by atoms with Gasteiger partial charge in [-0.15, -0.1) is 0 Å². The van der Waals surface area contributed by atoms with E-state index in [-0.39, 0.29) is 0 Å². The molecule has 0 bridgehead atoms. The van der Waals surface area contributed by atoms with Gasteiger partial charge in [-0.25, -0.2) is 4.98 Å². The van der Waals surface area contributed by atoms with Crippen LogP contribution in [-0.2, 0) is 0 Å². The molecule has 0 amide bonds. The Morgan fingerprint density at radius 2 is 2.05 bits per heavy atom. The Labute approximate surface area is 128 Å². The predicted octanol–water partition coefficient (Wildman–Crippen LogP) is 3.07. The molecule has 0 saturated carbocycles. The SMILES string of the molecule is CC(c1ccsc1)N1CCN(c2cncc(Cl)n2)CC1. The van der Waals surface area contributed by atoms with Crippen LogP contribution in [0.2, 0.25) is 5.15 Å². The number of aromatic nitrogens is 2. The van der Waals surface area contributed by atoms with E-state index in [0.717, 1.165) is 32.0 Å². The number of rotatable bonds is 3. The monoisotopic (exact) mass is 308 g/mol. The van der Waals surface area contributed by atoms with Crippen molar-refractivity contribution >= 4 is 28.8 Å². The fraction of sp³-hybridized carbons (Fsp3) is 0.429. The Bertz CT molecular complexity index is 552. The number of anilines is 1. The van der Waals surface area contributed by atoms with Crippen LogP contribution in [0.4, 0.5) is 5.82 Å². The van der Waals surface area contributed by atoms with Crippen LogP contribution in [0, 0.1) is 0 Å². The first-order chi connectivity index (χ1) is 9.74. The van der Waals surface area contributed by atoms with Gasteiger partial charge in [-0.05, 0) is 29.3 Å². The van der Waals surface area contributed by atoms with E-state index in [4.69, 9.17) is 11.6 Å².